The molecule has 3 heteroatoms. The molecule has 1 aromatic rings. The number of para-hydroxylation sites is 1. The van der Waals surface area contributed by atoms with Crippen molar-refractivity contribution in [2.45, 2.75) is 19.4 Å². The Kier molecular flexibility index (Phi) is 4.83. The summed E-state index contributed by atoms with van der Waals surface area (Å²) in [5.74, 6) is 0.953. The molecule has 0 saturated carbocycles. The predicted molar refractivity (Wildman–Crippen MR) is 68.4 cm³/mol. The highest BCUT2D eigenvalue weighted by molar-refractivity contribution is 5.20. The quantitative estimate of drug-likeness (QED) is 0.780. The van der Waals surface area contributed by atoms with Gasteiger partial charge in [-0.1, -0.05) is 25.1 Å². The number of nitrogens with zero attached hydrogens (tertiary/aromatic N) is 1. The minimum Gasteiger partial charge on any atom is -0.492 e. The number of hydrogen-bond donors (Lipinski definition) is 0. The van der Waals surface area contributed by atoms with E-state index in [9.17, 15) is 0 Å². The molecule has 1 saturated heterocycles. The van der Waals surface area contributed by atoms with Crippen LogP contribution in [0.5, 0.6) is 5.75 Å². The molecule has 2 rings (SSSR count). The maximum atomic E-state index is 5.72. The molecule has 1 heterocycles. The molecular weight excluding hydrogens is 214 g/mol. The molecule has 17 heavy (non-hydrogen) atoms. The molecule has 1 fully saturated rings. The highest BCUT2D eigenvalue weighted by atomic mass is 16.5. The SMILES string of the molecule is CCC1COCCN1CCOc1ccccc1. The fourth-order valence-electron chi connectivity index (χ4n) is 2.16. The van der Waals surface area contributed by atoms with Crippen molar-refractivity contribution < 1.29 is 9.47 Å². The van der Waals surface area contributed by atoms with Crippen LogP contribution in [0.1, 0.15) is 13.3 Å². The van der Waals surface area contributed by atoms with Gasteiger partial charge in [0.1, 0.15) is 12.4 Å². The summed E-state index contributed by atoms with van der Waals surface area (Å²) < 4.78 is 11.2. The zero-order valence-corrected chi connectivity index (χ0v) is 10.5. The fraction of sp³-hybridized carbons (Fsp3) is 0.571. The summed E-state index contributed by atoms with van der Waals surface area (Å²) in [5, 5.41) is 0. The molecule has 0 amide bonds. The zero-order chi connectivity index (χ0) is 11.9. The highest BCUT2D eigenvalue weighted by Crippen LogP contribution is 2.11. The third-order valence-electron chi connectivity index (χ3n) is 3.21. The maximum absolute atomic E-state index is 5.72. The van der Waals surface area contributed by atoms with E-state index in [4.69, 9.17) is 9.47 Å². The third-order valence-corrected chi connectivity index (χ3v) is 3.21. The standard InChI is InChI=1S/C14H21NO2/c1-2-13-12-16-10-8-15(13)9-11-17-14-6-4-3-5-7-14/h3-7,13H,2,8-12H2,1H3. The second-order valence-corrected chi connectivity index (χ2v) is 4.33. The minimum atomic E-state index is 0.558. The van der Waals surface area contributed by atoms with Crippen LogP contribution in [0.3, 0.4) is 0 Å². The zero-order valence-electron chi connectivity index (χ0n) is 10.5. The Bertz CT molecular complexity index is 315. The van der Waals surface area contributed by atoms with Crippen LogP contribution in [0.15, 0.2) is 30.3 Å². The number of benzene rings is 1. The molecule has 1 aliphatic heterocycles. The molecule has 3 nitrogen and oxygen atoms in total. The molecular formula is C14H21NO2. The van der Waals surface area contributed by atoms with Gasteiger partial charge in [-0.3, -0.25) is 4.90 Å². The van der Waals surface area contributed by atoms with Gasteiger partial charge >= 0.3 is 0 Å². The molecule has 0 aromatic heterocycles. The van der Waals surface area contributed by atoms with Crippen molar-refractivity contribution in [3.63, 3.8) is 0 Å². The van der Waals surface area contributed by atoms with E-state index in [0.29, 0.717) is 6.04 Å². The maximum Gasteiger partial charge on any atom is 0.119 e. The van der Waals surface area contributed by atoms with E-state index in [-0.39, 0.29) is 0 Å². The first kappa shape index (κ1) is 12.4. The van der Waals surface area contributed by atoms with Gasteiger partial charge in [0, 0.05) is 19.1 Å². The summed E-state index contributed by atoms with van der Waals surface area (Å²) in [5.41, 5.74) is 0. The van der Waals surface area contributed by atoms with Gasteiger partial charge in [0.25, 0.3) is 0 Å². The summed E-state index contributed by atoms with van der Waals surface area (Å²) >= 11 is 0. The first-order valence-corrected chi connectivity index (χ1v) is 6.40. The lowest BCUT2D eigenvalue weighted by molar-refractivity contribution is -0.0132. The van der Waals surface area contributed by atoms with Crippen molar-refractivity contribution in [2.24, 2.45) is 0 Å². The van der Waals surface area contributed by atoms with Crippen molar-refractivity contribution in [1.29, 1.82) is 0 Å². The van der Waals surface area contributed by atoms with Crippen LogP contribution in [0.4, 0.5) is 0 Å². The highest BCUT2D eigenvalue weighted by Gasteiger charge is 2.20. The lowest BCUT2D eigenvalue weighted by Crippen LogP contribution is -2.46. The van der Waals surface area contributed by atoms with Crippen LogP contribution < -0.4 is 4.74 Å². The van der Waals surface area contributed by atoms with Crippen LogP contribution >= 0.6 is 0 Å². The third kappa shape index (κ3) is 3.72. The normalized spacial score (nSPS) is 21.4. The summed E-state index contributed by atoms with van der Waals surface area (Å²) in [6.45, 7) is 6.68. The average molecular weight is 235 g/mol. The monoisotopic (exact) mass is 235 g/mol. The Labute approximate surface area is 103 Å². The van der Waals surface area contributed by atoms with Gasteiger partial charge in [-0.25, -0.2) is 0 Å². The van der Waals surface area contributed by atoms with Crippen molar-refractivity contribution in [3.05, 3.63) is 30.3 Å². The van der Waals surface area contributed by atoms with Crippen molar-refractivity contribution >= 4 is 0 Å². The van der Waals surface area contributed by atoms with Crippen LogP contribution in [-0.2, 0) is 4.74 Å². The summed E-state index contributed by atoms with van der Waals surface area (Å²) in [7, 11) is 0. The van der Waals surface area contributed by atoms with Crippen LogP contribution in [0, 0.1) is 0 Å². The van der Waals surface area contributed by atoms with Gasteiger partial charge in [0.15, 0.2) is 0 Å². The predicted octanol–water partition coefficient (Wildman–Crippen LogP) is 2.18. The minimum absolute atomic E-state index is 0.558. The molecule has 0 N–H and O–H groups in total. The van der Waals surface area contributed by atoms with Gasteiger partial charge in [-0.2, -0.15) is 0 Å². The van der Waals surface area contributed by atoms with Gasteiger partial charge in [-0.15, -0.1) is 0 Å². The van der Waals surface area contributed by atoms with Gasteiger partial charge in [0.05, 0.1) is 13.2 Å². The largest absolute Gasteiger partial charge is 0.492 e. The van der Waals surface area contributed by atoms with Crippen molar-refractivity contribution in [3.8, 4) is 5.75 Å². The Morgan fingerprint density at radius 1 is 1.35 bits per heavy atom. The molecule has 0 radical (unpaired) electrons. The first-order valence-electron chi connectivity index (χ1n) is 6.40. The van der Waals surface area contributed by atoms with Gasteiger partial charge < -0.3 is 9.47 Å². The number of morpholine rings is 1. The lowest BCUT2D eigenvalue weighted by atomic mass is 10.2. The van der Waals surface area contributed by atoms with E-state index in [0.717, 1.165) is 45.1 Å². The van der Waals surface area contributed by atoms with Crippen molar-refractivity contribution in [2.75, 3.05) is 32.9 Å². The molecule has 1 atom stereocenters. The van der Waals surface area contributed by atoms with Crippen LogP contribution in [0.25, 0.3) is 0 Å². The van der Waals surface area contributed by atoms with E-state index in [1.807, 2.05) is 30.3 Å². The molecule has 94 valence electrons. The van der Waals surface area contributed by atoms with E-state index in [2.05, 4.69) is 11.8 Å². The topological polar surface area (TPSA) is 21.7 Å². The van der Waals surface area contributed by atoms with Gasteiger partial charge in [0.2, 0.25) is 0 Å². The number of rotatable bonds is 5. The second-order valence-electron chi connectivity index (χ2n) is 4.33. The second kappa shape index (κ2) is 6.62. The average Bonchev–Trinajstić information content (AvgIpc) is 2.40. The Hall–Kier alpha value is -1.06. The smallest absolute Gasteiger partial charge is 0.119 e. The number of ether oxygens (including phenoxy) is 2. The van der Waals surface area contributed by atoms with Crippen molar-refractivity contribution in [1.82, 2.24) is 4.90 Å². The van der Waals surface area contributed by atoms with E-state index in [1.54, 1.807) is 0 Å². The van der Waals surface area contributed by atoms with E-state index >= 15 is 0 Å². The van der Waals surface area contributed by atoms with E-state index in [1.165, 1.54) is 0 Å². The van der Waals surface area contributed by atoms with Crippen LogP contribution in [-0.4, -0.2) is 43.9 Å². The molecule has 0 spiro atoms. The van der Waals surface area contributed by atoms with Gasteiger partial charge in [-0.05, 0) is 18.6 Å². The van der Waals surface area contributed by atoms with Crippen LogP contribution in [0.2, 0.25) is 0 Å². The summed E-state index contributed by atoms with van der Waals surface area (Å²) in [4.78, 5) is 2.46. The first-order chi connectivity index (χ1) is 8.40. The molecule has 1 aliphatic rings. The summed E-state index contributed by atoms with van der Waals surface area (Å²) in [6, 6.07) is 10.6. The fourth-order valence-corrected chi connectivity index (χ4v) is 2.16. The molecule has 1 aromatic carbocycles. The van der Waals surface area contributed by atoms with E-state index < -0.39 is 0 Å². The Morgan fingerprint density at radius 3 is 2.94 bits per heavy atom. The molecule has 0 aliphatic carbocycles. The molecule has 0 bridgehead atoms. The Morgan fingerprint density at radius 2 is 2.18 bits per heavy atom. The lowest BCUT2D eigenvalue weighted by Gasteiger charge is -2.34. The Balaban J connectivity index is 1.74. The number of hydrogen-bond acceptors (Lipinski definition) is 3. The summed E-state index contributed by atoms with van der Waals surface area (Å²) in [6.07, 6.45) is 1.14. The molecule has 1 unspecified atom stereocenters.